The van der Waals surface area contributed by atoms with Crippen LogP contribution in [0.4, 0.5) is 5.88 Å². The fourth-order valence-electron chi connectivity index (χ4n) is 3.91. The van der Waals surface area contributed by atoms with Gasteiger partial charge in [0.2, 0.25) is 19.5 Å². The highest BCUT2D eigenvalue weighted by Crippen LogP contribution is 2.47. The zero-order valence-electron chi connectivity index (χ0n) is 17.6. The van der Waals surface area contributed by atoms with E-state index in [0.29, 0.717) is 51.0 Å². The number of aromatic hydroxyl groups is 1. The lowest BCUT2D eigenvalue weighted by Gasteiger charge is -2.06. The van der Waals surface area contributed by atoms with Crippen LogP contribution in [0.1, 0.15) is 11.1 Å². The maximum absolute atomic E-state index is 10.1. The average molecular weight is 452 g/mol. The van der Waals surface area contributed by atoms with Crippen LogP contribution in [0, 0.1) is 11.3 Å². The van der Waals surface area contributed by atoms with E-state index in [0.717, 1.165) is 0 Å². The molecule has 166 valence electrons. The summed E-state index contributed by atoms with van der Waals surface area (Å²) in [6.45, 7) is 0.284. The van der Waals surface area contributed by atoms with Gasteiger partial charge in [0, 0.05) is 22.9 Å². The number of ether oxygens (including phenoxy) is 4. The van der Waals surface area contributed by atoms with Gasteiger partial charge >= 0.3 is 0 Å². The number of hydrogen-bond donors (Lipinski definition) is 1. The van der Waals surface area contributed by atoms with Gasteiger partial charge in [-0.1, -0.05) is 18.2 Å². The maximum atomic E-state index is 10.1. The summed E-state index contributed by atoms with van der Waals surface area (Å²) >= 11 is 0. The van der Waals surface area contributed by atoms with Crippen molar-refractivity contribution in [3.8, 4) is 57.3 Å². The van der Waals surface area contributed by atoms with Gasteiger partial charge in [0.15, 0.2) is 23.0 Å². The van der Waals surface area contributed by atoms with Crippen LogP contribution >= 0.6 is 0 Å². The van der Waals surface area contributed by atoms with Gasteiger partial charge in [-0.2, -0.15) is 5.26 Å². The first-order valence-corrected chi connectivity index (χ1v) is 10.4. The van der Waals surface area contributed by atoms with Crippen molar-refractivity contribution in [3.05, 3.63) is 71.8 Å². The standard InChI is InChI=1S/C26H16N2O6/c27-11-18-24(15-5-7-20-22(9-15)32-13-30-20)25(16-6-8-21-23(10-16)33-14-31-21)34-26(18)28-12-17-3-1-2-4-19(17)29/h1-10,12,29H,13-14H2. The Morgan fingerprint density at radius 3 is 2.18 bits per heavy atom. The smallest absolute Gasteiger partial charge is 0.238 e. The lowest BCUT2D eigenvalue weighted by Crippen LogP contribution is -1.93. The molecule has 1 aromatic heterocycles. The van der Waals surface area contributed by atoms with Gasteiger partial charge in [0.05, 0.1) is 0 Å². The molecule has 8 nitrogen and oxygen atoms in total. The number of aliphatic imine (C=N–C) groups is 1. The normalized spacial score (nSPS) is 13.4. The number of phenols is 1. The predicted molar refractivity (Wildman–Crippen MR) is 122 cm³/mol. The van der Waals surface area contributed by atoms with Crippen LogP contribution in [0.25, 0.3) is 22.5 Å². The van der Waals surface area contributed by atoms with Crippen LogP contribution < -0.4 is 18.9 Å². The van der Waals surface area contributed by atoms with E-state index in [1.54, 1.807) is 48.5 Å². The van der Waals surface area contributed by atoms with Gasteiger partial charge in [-0.05, 0) is 48.0 Å². The number of benzene rings is 3. The molecule has 3 aromatic carbocycles. The molecule has 34 heavy (non-hydrogen) atoms. The monoisotopic (exact) mass is 452 g/mol. The van der Waals surface area contributed by atoms with Crippen LogP contribution in [0.3, 0.4) is 0 Å². The summed E-state index contributed by atoms with van der Waals surface area (Å²) in [6.07, 6.45) is 1.46. The van der Waals surface area contributed by atoms with Crippen LogP contribution in [-0.2, 0) is 0 Å². The van der Waals surface area contributed by atoms with Gasteiger partial charge in [0.25, 0.3) is 0 Å². The molecule has 1 N–H and O–H groups in total. The van der Waals surface area contributed by atoms with Crippen molar-refractivity contribution in [2.24, 2.45) is 4.99 Å². The second kappa shape index (κ2) is 7.90. The highest BCUT2D eigenvalue weighted by Gasteiger charge is 2.26. The van der Waals surface area contributed by atoms with Gasteiger partial charge in [-0.3, -0.25) is 0 Å². The number of phenolic OH excluding ortho intramolecular Hbond substituents is 1. The predicted octanol–water partition coefficient (Wildman–Crippen LogP) is 5.40. The Balaban J connectivity index is 1.53. The molecular weight excluding hydrogens is 436 g/mol. The molecule has 0 spiro atoms. The van der Waals surface area contributed by atoms with E-state index in [-0.39, 0.29) is 30.8 Å². The molecule has 2 aliphatic heterocycles. The third-order valence-electron chi connectivity index (χ3n) is 5.56. The summed E-state index contributed by atoms with van der Waals surface area (Å²) in [5.74, 6) is 3.07. The fourth-order valence-corrected chi connectivity index (χ4v) is 3.91. The van der Waals surface area contributed by atoms with Crippen LogP contribution in [0.15, 0.2) is 70.1 Å². The summed E-state index contributed by atoms with van der Waals surface area (Å²) in [5, 5.41) is 20.2. The Labute approximate surface area is 193 Å². The van der Waals surface area contributed by atoms with Crippen LogP contribution in [0.5, 0.6) is 28.7 Å². The van der Waals surface area contributed by atoms with Gasteiger partial charge in [-0.15, -0.1) is 0 Å². The fraction of sp³-hybridized carbons (Fsp3) is 0.0769. The molecule has 0 atom stereocenters. The topological polar surface area (TPSA) is 106 Å². The molecule has 4 aromatic rings. The third kappa shape index (κ3) is 3.27. The quantitative estimate of drug-likeness (QED) is 0.413. The second-order valence-electron chi connectivity index (χ2n) is 7.55. The minimum Gasteiger partial charge on any atom is -0.507 e. The molecule has 0 aliphatic carbocycles. The van der Waals surface area contributed by atoms with E-state index in [2.05, 4.69) is 11.1 Å². The lowest BCUT2D eigenvalue weighted by atomic mass is 9.97. The Hall–Kier alpha value is -4.90. The Bertz CT molecular complexity index is 1500. The van der Waals surface area contributed by atoms with Crippen molar-refractivity contribution in [1.29, 1.82) is 5.26 Å². The van der Waals surface area contributed by atoms with E-state index in [1.165, 1.54) is 6.21 Å². The van der Waals surface area contributed by atoms with E-state index < -0.39 is 0 Å². The largest absolute Gasteiger partial charge is 0.507 e. The van der Waals surface area contributed by atoms with Crippen molar-refractivity contribution in [2.45, 2.75) is 0 Å². The van der Waals surface area contributed by atoms with E-state index in [9.17, 15) is 10.4 Å². The molecule has 2 aliphatic rings. The number of furan rings is 1. The number of hydrogen-bond acceptors (Lipinski definition) is 8. The zero-order chi connectivity index (χ0) is 23.1. The first-order chi connectivity index (χ1) is 16.7. The number of nitriles is 1. The summed E-state index contributed by atoms with van der Waals surface area (Å²) < 4.78 is 28.1. The molecule has 0 saturated carbocycles. The van der Waals surface area contributed by atoms with E-state index in [4.69, 9.17) is 23.4 Å². The molecule has 0 amide bonds. The molecule has 6 rings (SSSR count). The summed E-state index contributed by atoms with van der Waals surface area (Å²) in [6, 6.07) is 19.9. The maximum Gasteiger partial charge on any atom is 0.238 e. The van der Waals surface area contributed by atoms with Crippen LogP contribution in [0.2, 0.25) is 0 Å². The Morgan fingerprint density at radius 1 is 0.824 bits per heavy atom. The number of para-hydroxylation sites is 1. The summed E-state index contributed by atoms with van der Waals surface area (Å²) in [7, 11) is 0. The minimum absolute atomic E-state index is 0.0725. The highest BCUT2D eigenvalue weighted by atomic mass is 16.7. The van der Waals surface area contributed by atoms with Crippen molar-refractivity contribution >= 4 is 12.1 Å². The number of fused-ring (bicyclic) bond motifs is 2. The zero-order valence-corrected chi connectivity index (χ0v) is 17.6. The molecule has 0 unspecified atom stereocenters. The molecule has 0 bridgehead atoms. The highest BCUT2D eigenvalue weighted by molar-refractivity contribution is 5.91. The molecule has 0 fully saturated rings. The lowest BCUT2D eigenvalue weighted by molar-refractivity contribution is 0.173. The van der Waals surface area contributed by atoms with Gasteiger partial charge < -0.3 is 28.5 Å². The first-order valence-electron chi connectivity index (χ1n) is 10.4. The number of rotatable bonds is 4. The molecule has 3 heterocycles. The van der Waals surface area contributed by atoms with Gasteiger partial charge in [0.1, 0.15) is 23.1 Å². The van der Waals surface area contributed by atoms with Crippen LogP contribution in [-0.4, -0.2) is 24.9 Å². The minimum atomic E-state index is 0.0725. The van der Waals surface area contributed by atoms with Crippen molar-refractivity contribution in [3.63, 3.8) is 0 Å². The second-order valence-corrected chi connectivity index (χ2v) is 7.55. The van der Waals surface area contributed by atoms with E-state index >= 15 is 0 Å². The SMILES string of the molecule is N#Cc1c(N=Cc2ccccc2O)oc(-c2ccc3c(c2)OCO3)c1-c1ccc2c(c1)OCO2. The Morgan fingerprint density at radius 2 is 1.47 bits per heavy atom. The van der Waals surface area contributed by atoms with Crippen molar-refractivity contribution < 1.29 is 28.5 Å². The average Bonchev–Trinajstić information content (AvgIpc) is 3.60. The van der Waals surface area contributed by atoms with Gasteiger partial charge in [-0.25, -0.2) is 4.99 Å². The molecule has 0 saturated heterocycles. The molecule has 8 heteroatoms. The Kier molecular flexibility index (Phi) is 4.59. The van der Waals surface area contributed by atoms with E-state index in [1.807, 2.05) is 12.1 Å². The van der Waals surface area contributed by atoms with Crippen molar-refractivity contribution in [1.82, 2.24) is 0 Å². The third-order valence-corrected chi connectivity index (χ3v) is 5.56. The molecule has 0 radical (unpaired) electrons. The first kappa shape index (κ1) is 19.8. The summed E-state index contributed by atoms with van der Waals surface area (Å²) in [4.78, 5) is 4.40. The van der Waals surface area contributed by atoms with Crippen molar-refractivity contribution in [2.75, 3.05) is 13.6 Å². The number of nitrogens with zero attached hydrogens (tertiary/aromatic N) is 2. The summed E-state index contributed by atoms with van der Waals surface area (Å²) in [5.41, 5.74) is 2.71. The molecular formula is C26H16N2O6.